The van der Waals surface area contributed by atoms with E-state index in [-0.39, 0.29) is 31.8 Å². The Morgan fingerprint density at radius 3 is 1.35 bits per heavy atom. The fourth-order valence-electron chi connectivity index (χ4n) is 6.04. The summed E-state index contributed by atoms with van der Waals surface area (Å²) in [6.07, 6.45) is 40.1. The minimum Gasteiger partial charge on any atom is -0.462 e. The van der Waals surface area contributed by atoms with E-state index < -0.39 is 13.7 Å². The molecule has 0 aliphatic rings. The summed E-state index contributed by atoms with van der Waals surface area (Å²) in [5, 5.41) is 0. The van der Waals surface area contributed by atoms with E-state index in [9.17, 15) is 14.2 Å². The van der Waals surface area contributed by atoms with Crippen molar-refractivity contribution >= 4 is 19.5 Å². The highest BCUT2D eigenvalue weighted by Crippen LogP contribution is 2.43. The first-order chi connectivity index (χ1) is 26.0. The largest absolute Gasteiger partial charge is 0.462 e. The molecule has 0 unspecified atom stereocenters. The molecule has 54 heavy (non-hydrogen) atoms. The number of unbranched alkanes of at least 4 members (excludes halogenated alkanes) is 22. The van der Waals surface area contributed by atoms with Gasteiger partial charge in [-0.3, -0.25) is 14.2 Å². The van der Waals surface area contributed by atoms with Gasteiger partial charge in [-0.05, 0) is 64.2 Å². The topological polar surface area (TPSA) is 88.1 Å². The number of carbonyl (C=O) groups excluding carboxylic acids is 2. The molecule has 0 saturated heterocycles. The van der Waals surface area contributed by atoms with Gasteiger partial charge >= 0.3 is 19.5 Å². The minimum atomic E-state index is -3.37. The Kier molecular flexibility index (Phi) is 36.1. The smallest absolute Gasteiger partial charge is 0.327 e. The molecule has 0 amide bonds. The number of esters is 2. The summed E-state index contributed by atoms with van der Waals surface area (Å²) in [7, 11) is 2.71. The van der Waals surface area contributed by atoms with Crippen molar-refractivity contribution in [2.24, 2.45) is 0 Å². The van der Waals surface area contributed by atoms with Gasteiger partial charge in [0.05, 0.1) is 27.7 Å². The van der Waals surface area contributed by atoms with Crippen LogP contribution in [0.1, 0.15) is 194 Å². The van der Waals surface area contributed by atoms with Gasteiger partial charge in [0.25, 0.3) is 0 Å². The van der Waals surface area contributed by atoms with Crippen LogP contribution in [0.4, 0.5) is 0 Å². The number of carbonyl (C=O) groups is 2. The number of rotatable bonds is 40. The van der Waals surface area contributed by atoms with Crippen LogP contribution in [-0.2, 0) is 32.7 Å². The number of hydrogen-bond donors (Lipinski definition) is 0. The predicted octanol–water partition coefficient (Wildman–Crippen LogP) is 13.1. The second kappa shape index (κ2) is 37.1. The molecule has 0 aromatic heterocycles. The Labute approximate surface area is 334 Å². The van der Waals surface area contributed by atoms with Gasteiger partial charge in [0.1, 0.15) is 19.8 Å². The summed E-state index contributed by atoms with van der Waals surface area (Å²) in [6, 6.07) is 0. The summed E-state index contributed by atoms with van der Waals surface area (Å²) in [5.74, 6) is -0.670. The Bertz CT molecular complexity index is 978. The second-order valence-corrected chi connectivity index (χ2v) is 18.4. The fourth-order valence-corrected chi connectivity index (χ4v) is 6.96. The maximum absolute atomic E-state index is 12.9. The monoisotopic (exact) mass is 785 g/mol. The highest BCUT2D eigenvalue weighted by atomic mass is 31.2. The van der Waals surface area contributed by atoms with Crippen LogP contribution in [0.3, 0.4) is 0 Å². The van der Waals surface area contributed by atoms with E-state index in [0.717, 1.165) is 64.2 Å². The van der Waals surface area contributed by atoms with Crippen molar-refractivity contribution in [1.29, 1.82) is 0 Å². The maximum Gasteiger partial charge on any atom is 0.327 e. The van der Waals surface area contributed by atoms with E-state index in [1.165, 1.54) is 109 Å². The number of allylic oxidation sites excluding steroid dienone is 4. The van der Waals surface area contributed by atoms with Crippen LogP contribution < -0.4 is 0 Å². The first kappa shape index (κ1) is 52.5. The van der Waals surface area contributed by atoms with Crippen molar-refractivity contribution in [3.63, 3.8) is 0 Å². The first-order valence-corrected chi connectivity index (χ1v) is 24.3. The molecular formula is C45H87NO7P+. The average Bonchev–Trinajstić information content (AvgIpc) is 3.12. The molecule has 0 aliphatic carbocycles. The zero-order chi connectivity index (χ0) is 40.0. The van der Waals surface area contributed by atoms with Crippen LogP contribution in [0, 0.1) is 0 Å². The molecule has 8 nitrogen and oxygen atoms in total. The quantitative estimate of drug-likeness (QED) is 0.0201. The standard InChI is InChI=1S/C45H87NO7P/c1-7-9-11-13-15-17-19-21-23-25-27-29-31-33-35-37-44(47)50-41-43(42-52-54(6,49)51-40-39-46(3,4)5)53-45(48)38-36-34-32-30-28-26-24-22-20-18-16-14-12-10-8-2/h21-24,43H,7-20,25-42H2,1-6H3/q+1/b23-21-,24-22-/t43-,54-/m1/s1. The SMILES string of the molecule is CCCCCCCC/C=C\CCCCCCCC(=O)OC[C@H](CO[P@](C)(=O)OCC[N+](C)(C)C)OC(=O)CCCCCCC/C=C\CCCCCCCC. The van der Waals surface area contributed by atoms with Gasteiger partial charge in [0.15, 0.2) is 6.10 Å². The third kappa shape index (κ3) is 40.2. The second-order valence-electron chi connectivity index (χ2n) is 16.4. The van der Waals surface area contributed by atoms with Crippen molar-refractivity contribution in [2.75, 3.05) is 54.2 Å². The molecule has 0 aromatic carbocycles. The summed E-state index contributed by atoms with van der Waals surface area (Å²) < 4.78 is 35.9. The summed E-state index contributed by atoms with van der Waals surface area (Å²) in [4.78, 5) is 25.3. The minimum absolute atomic E-state index is 0.124. The molecule has 0 heterocycles. The normalized spacial score (nSPS) is 13.8. The molecule has 318 valence electrons. The number of ether oxygens (including phenoxy) is 2. The molecule has 0 aromatic rings. The summed E-state index contributed by atoms with van der Waals surface area (Å²) >= 11 is 0. The van der Waals surface area contributed by atoms with E-state index in [1.807, 2.05) is 21.1 Å². The fraction of sp³-hybridized carbons (Fsp3) is 0.867. The van der Waals surface area contributed by atoms with Gasteiger partial charge in [-0.2, -0.15) is 0 Å². The molecule has 0 radical (unpaired) electrons. The van der Waals surface area contributed by atoms with Gasteiger partial charge in [-0.15, -0.1) is 0 Å². The van der Waals surface area contributed by atoms with Crippen molar-refractivity contribution in [3.8, 4) is 0 Å². The van der Waals surface area contributed by atoms with Crippen LogP contribution in [0.15, 0.2) is 24.3 Å². The molecule has 9 heteroatoms. The van der Waals surface area contributed by atoms with Gasteiger partial charge < -0.3 is 23.0 Å². The zero-order valence-electron chi connectivity index (χ0n) is 36.3. The van der Waals surface area contributed by atoms with Crippen LogP contribution in [0.5, 0.6) is 0 Å². The summed E-state index contributed by atoms with van der Waals surface area (Å²) in [6.45, 7) is 6.61. The van der Waals surface area contributed by atoms with Crippen LogP contribution in [-0.4, -0.2) is 76.7 Å². The van der Waals surface area contributed by atoms with Crippen molar-refractivity contribution < 1.29 is 37.2 Å². The maximum atomic E-state index is 12.9. The lowest BCUT2D eigenvalue weighted by Gasteiger charge is -2.25. The van der Waals surface area contributed by atoms with Crippen LogP contribution in [0.25, 0.3) is 0 Å². The summed E-state index contributed by atoms with van der Waals surface area (Å²) in [5.41, 5.74) is 0. The van der Waals surface area contributed by atoms with Gasteiger partial charge in [-0.1, -0.05) is 141 Å². The molecule has 0 bridgehead atoms. The average molecular weight is 785 g/mol. The van der Waals surface area contributed by atoms with Gasteiger partial charge in [-0.25, -0.2) is 0 Å². The molecule has 2 atom stereocenters. The number of hydrogen-bond acceptors (Lipinski definition) is 7. The molecule has 0 spiro atoms. The molecule has 0 fully saturated rings. The highest BCUT2D eigenvalue weighted by molar-refractivity contribution is 7.52. The lowest BCUT2D eigenvalue weighted by atomic mass is 10.1. The molecule has 0 N–H and O–H groups in total. The van der Waals surface area contributed by atoms with E-state index in [2.05, 4.69) is 38.2 Å². The van der Waals surface area contributed by atoms with E-state index >= 15 is 0 Å². The predicted molar refractivity (Wildman–Crippen MR) is 228 cm³/mol. The lowest BCUT2D eigenvalue weighted by molar-refractivity contribution is -0.870. The van der Waals surface area contributed by atoms with Crippen LogP contribution in [0.2, 0.25) is 0 Å². The van der Waals surface area contributed by atoms with Gasteiger partial charge in [0.2, 0.25) is 0 Å². The Hall–Kier alpha value is -1.47. The third-order valence-electron chi connectivity index (χ3n) is 9.60. The first-order valence-electron chi connectivity index (χ1n) is 22.3. The third-order valence-corrected chi connectivity index (χ3v) is 10.9. The molecule has 0 saturated carbocycles. The lowest BCUT2D eigenvalue weighted by Crippen LogP contribution is -2.37. The molecule has 0 rings (SSSR count). The van der Waals surface area contributed by atoms with Crippen LogP contribution >= 0.6 is 7.60 Å². The highest BCUT2D eigenvalue weighted by Gasteiger charge is 2.24. The van der Waals surface area contributed by atoms with E-state index in [4.69, 9.17) is 18.5 Å². The van der Waals surface area contributed by atoms with E-state index in [1.54, 1.807) is 0 Å². The number of nitrogens with zero attached hydrogens (tertiary/aromatic N) is 1. The Morgan fingerprint density at radius 1 is 0.537 bits per heavy atom. The molecule has 0 aliphatic heterocycles. The Morgan fingerprint density at radius 2 is 0.926 bits per heavy atom. The Balaban J connectivity index is 4.38. The van der Waals surface area contributed by atoms with Crippen molar-refractivity contribution in [2.45, 2.75) is 200 Å². The van der Waals surface area contributed by atoms with Crippen molar-refractivity contribution in [3.05, 3.63) is 24.3 Å². The zero-order valence-corrected chi connectivity index (χ0v) is 37.2. The number of likely N-dealkylation sites (N-methyl/N-ethyl adjacent to an activating group) is 1. The molecular weight excluding hydrogens is 697 g/mol. The van der Waals surface area contributed by atoms with Crippen molar-refractivity contribution in [1.82, 2.24) is 0 Å². The van der Waals surface area contributed by atoms with E-state index in [0.29, 0.717) is 23.9 Å². The number of quaternary nitrogens is 1. The van der Waals surface area contributed by atoms with Gasteiger partial charge in [0, 0.05) is 19.5 Å².